The summed E-state index contributed by atoms with van der Waals surface area (Å²) in [5.74, 6) is 0. The molecule has 0 amide bonds. The molecule has 0 saturated heterocycles. The summed E-state index contributed by atoms with van der Waals surface area (Å²) < 4.78 is 0. The monoisotopic (exact) mass is 349 g/mol. The Balaban J connectivity index is 0.00000163. The Kier molecular flexibility index (Phi) is 10.3. The second-order valence-corrected chi connectivity index (χ2v) is 6.36. The van der Waals surface area contributed by atoms with E-state index in [-0.39, 0.29) is 5.41 Å². The predicted molar refractivity (Wildman–Crippen MR) is 116 cm³/mol. The van der Waals surface area contributed by atoms with E-state index < -0.39 is 0 Å². The molecule has 0 heterocycles. The lowest BCUT2D eigenvalue weighted by Gasteiger charge is -2.35. The third kappa shape index (κ3) is 6.31. The highest BCUT2D eigenvalue weighted by atomic mass is 14.6. The molecule has 2 aromatic carbocycles. The lowest BCUT2D eigenvalue weighted by molar-refractivity contribution is 0.368. The number of rotatable bonds is 8. The maximum atomic E-state index is 6.38. The first kappa shape index (κ1) is 21.9. The van der Waals surface area contributed by atoms with Crippen LogP contribution in [0.5, 0.6) is 0 Å². The lowest BCUT2D eigenvalue weighted by atomic mass is 9.70. The summed E-state index contributed by atoms with van der Waals surface area (Å²) in [5.41, 5.74) is 10.3. The van der Waals surface area contributed by atoms with Gasteiger partial charge >= 0.3 is 0 Å². The van der Waals surface area contributed by atoms with Crippen LogP contribution in [0.2, 0.25) is 0 Å². The number of hydrogen-bond acceptors (Lipinski definition) is 1. The van der Waals surface area contributed by atoms with Crippen LogP contribution >= 0.6 is 0 Å². The van der Waals surface area contributed by atoms with Gasteiger partial charge in [0.25, 0.3) is 0 Å². The fourth-order valence-corrected chi connectivity index (χ4v) is 3.33. The van der Waals surface area contributed by atoms with Crippen molar-refractivity contribution in [1.29, 1.82) is 0 Å². The van der Waals surface area contributed by atoms with E-state index in [1.807, 2.05) is 13.8 Å². The van der Waals surface area contributed by atoms with Crippen molar-refractivity contribution >= 4 is 0 Å². The highest BCUT2D eigenvalue weighted by Crippen LogP contribution is 2.36. The third-order valence-electron chi connectivity index (χ3n) is 4.62. The van der Waals surface area contributed by atoms with Gasteiger partial charge in [-0.2, -0.15) is 0 Å². The zero-order valence-electron chi connectivity index (χ0n) is 16.9. The Morgan fingerprint density at radius 3 is 1.69 bits per heavy atom. The molecule has 0 atom stereocenters. The maximum absolute atomic E-state index is 6.38. The van der Waals surface area contributed by atoms with Crippen molar-refractivity contribution in [3.8, 4) is 0 Å². The second-order valence-electron chi connectivity index (χ2n) is 6.36. The van der Waals surface area contributed by atoms with Crippen LogP contribution in [-0.2, 0) is 12.8 Å². The normalized spacial score (nSPS) is 12.0. The smallest absolute Gasteiger partial charge is 0.0153 e. The maximum Gasteiger partial charge on any atom is 0.0153 e. The average Bonchev–Trinajstić information content (AvgIpc) is 2.71. The number of nitrogens with two attached hydrogens (primary N) is 1. The summed E-state index contributed by atoms with van der Waals surface area (Å²) >= 11 is 0. The molecule has 26 heavy (non-hydrogen) atoms. The van der Waals surface area contributed by atoms with Gasteiger partial charge in [0.1, 0.15) is 0 Å². The van der Waals surface area contributed by atoms with Gasteiger partial charge in [0.15, 0.2) is 0 Å². The molecule has 0 radical (unpaired) electrons. The minimum Gasteiger partial charge on any atom is -0.330 e. The summed E-state index contributed by atoms with van der Waals surface area (Å²) in [6.45, 7) is 8.92. The summed E-state index contributed by atoms with van der Waals surface area (Å²) in [4.78, 5) is 0. The zero-order chi connectivity index (χ0) is 19.3. The van der Waals surface area contributed by atoms with Crippen molar-refractivity contribution in [3.05, 3.63) is 95.6 Å². The first-order valence-electron chi connectivity index (χ1n) is 9.85. The van der Waals surface area contributed by atoms with E-state index in [1.54, 1.807) is 0 Å². The Labute approximate surface area is 160 Å². The Morgan fingerprint density at radius 2 is 1.35 bits per heavy atom. The first-order valence-corrected chi connectivity index (χ1v) is 9.85. The number of benzene rings is 2. The largest absolute Gasteiger partial charge is 0.330 e. The van der Waals surface area contributed by atoms with E-state index in [0.717, 1.165) is 19.3 Å². The van der Waals surface area contributed by atoms with E-state index in [9.17, 15) is 0 Å². The van der Waals surface area contributed by atoms with Crippen molar-refractivity contribution in [1.82, 2.24) is 0 Å². The van der Waals surface area contributed by atoms with E-state index in [0.29, 0.717) is 6.54 Å². The minimum atomic E-state index is -0.0802. The Hall–Kier alpha value is -2.12. The molecule has 0 bridgehead atoms. The van der Waals surface area contributed by atoms with Gasteiger partial charge in [-0.3, -0.25) is 0 Å². The van der Waals surface area contributed by atoms with E-state index in [1.165, 1.54) is 16.7 Å². The molecule has 0 aromatic heterocycles. The molecule has 2 N–H and O–H groups in total. The van der Waals surface area contributed by atoms with Crippen LogP contribution < -0.4 is 5.73 Å². The van der Waals surface area contributed by atoms with Crippen molar-refractivity contribution in [2.24, 2.45) is 11.1 Å². The molecule has 140 valence electrons. The summed E-state index contributed by atoms with van der Waals surface area (Å²) in [6.07, 6.45) is 9.66. The molecule has 2 rings (SSSR count). The molecule has 1 heteroatoms. The van der Waals surface area contributed by atoms with Crippen LogP contribution in [0.15, 0.2) is 84.5 Å². The molecule has 0 unspecified atom stereocenters. The number of hydrogen-bond donors (Lipinski definition) is 1. The van der Waals surface area contributed by atoms with Gasteiger partial charge in [-0.05, 0) is 42.9 Å². The van der Waals surface area contributed by atoms with Gasteiger partial charge in [0, 0.05) is 12.0 Å². The van der Waals surface area contributed by atoms with Gasteiger partial charge in [-0.25, -0.2) is 0 Å². The number of allylic oxidation sites excluding steroid dienone is 3. The fraction of sp³-hybridized carbons (Fsp3) is 0.360. The topological polar surface area (TPSA) is 26.0 Å². The van der Waals surface area contributed by atoms with E-state index >= 15 is 0 Å². The molecular weight excluding hydrogens is 314 g/mol. The highest BCUT2D eigenvalue weighted by Gasteiger charge is 2.32. The van der Waals surface area contributed by atoms with E-state index in [2.05, 4.69) is 92.7 Å². The van der Waals surface area contributed by atoms with Crippen LogP contribution in [0.25, 0.3) is 0 Å². The van der Waals surface area contributed by atoms with Gasteiger partial charge in [0.2, 0.25) is 0 Å². The lowest BCUT2D eigenvalue weighted by Crippen LogP contribution is -2.36. The molecule has 2 aromatic rings. The van der Waals surface area contributed by atoms with Crippen LogP contribution in [0.4, 0.5) is 0 Å². The SMILES string of the molecule is C/C=C(\C=C/CC)C(CN)(Cc1ccccc1)Cc1ccccc1.CC. The van der Waals surface area contributed by atoms with Crippen LogP contribution in [0.3, 0.4) is 0 Å². The minimum absolute atomic E-state index is 0.0802. The molecule has 0 spiro atoms. The van der Waals surface area contributed by atoms with Crippen LogP contribution in [0.1, 0.15) is 45.2 Å². The summed E-state index contributed by atoms with van der Waals surface area (Å²) in [7, 11) is 0. The Bertz CT molecular complexity index is 612. The molecule has 1 nitrogen and oxygen atoms in total. The van der Waals surface area contributed by atoms with Crippen molar-refractivity contribution in [3.63, 3.8) is 0 Å². The van der Waals surface area contributed by atoms with Crippen molar-refractivity contribution in [2.45, 2.75) is 47.0 Å². The standard InChI is InChI=1S/C23H29N.C2H6/c1-3-5-16-22(4-2)23(19-24,17-20-12-8-6-9-13-20)18-21-14-10-7-11-15-21;1-2/h4-16H,3,17-19,24H2,1-2H3;1-2H3/b16-5-,22-4+;. The fourth-order valence-electron chi connectivity index (χ4n) is 3.33. The van der Waals surface area contributed by atoms with Gasteiger partial charge < -0.3 is 5.73 Å². The average molecular weight is 350 g/mol. The summed E-state index contributed by atoms with van der Waals surface area (Å²) in [6, 6.07) is 21.4. The van der Waals surface area contributed by atoms with Gasteiger partial charge in [0.05, 0.1) is 0 Å². The highest BCUT2D eigenvalue weighted by molar-refractivity contribution is 5.34. The molecular formula is C25H35N. The van der Waals surface area contributed by atoms with Gasteiger partial charge in [-0.1, -0.05) is 99.7 Å². The molecule has 0 fully saturated rings. The first-order chi connectivity index (χ1) is 12.7. The quantitative estimate of drug-likeness (QED) is 0.552. The van der Waals surface area contributed by atoms with Crippen LogP contribution in [0, 0.1) is 5.41 Å². The van der Waals surface area contributed by atoms with Crippen molar-refractivity contribution < 1.29 is 0 Å². The van der Waals surface area contributed by atoms with Crippen molar-refractivity contribution in [2.75, 3.05) is 6.54 Å². The zero-order valence-corrected chi connectivity index (χ0v) is 16.9. The predicted octanol–water partition coefficient (Wildman–Crippen LogP) is 6.36. The Morgan fingerprint density at radius 1 is 0.885 bits per heavy atom. The second kappa shape index (κ2) is 12.3. The van der Waals surface area contributed by atoms with Crippen LogP contribution in [-0.4, -0.2) is 6.54 Å². The van der Waals surface area contributed by atoms with Gasteiger partial charge in [-0.15, -0.1) is 0 Å². The third-order valence-corrected chi connectivity index (χ3v) is 4.62. The van der Waals surface area contributed by atoms with E-state index in [4.69, 9.17) is 5.73 Å². The molecule has 0 aliphatic heterocycles. The molecule has 0 aliphatic carbocycles. The molecule has 0 saturated carbocycles. The summed E-state index contributed by atoms with van der Waals surface area (Å²) in [5, 5.41) is 0. The molecule has 0 aliphatic rings.